The van der Waals surface area contributed by atoms with Crippen molar-refractivity contribution in [1.29, 1.82) is 0 Å². The molecule has 160 valence electrons. The quantitative estimate of drug-likeness (QED) is 0.613. The summed E-state index contributed by atoms with van der Waals surface area (Å²) in [5.74, 6) is 1.00. The van der Waals surface area contributed by atoms with Crippen molar-refractivity contribution in [2.75, 3.05) is 32.5 Å². The van der Waals surface area contributed by atoms with Crippen molar-refractivity contribution in [3.05, 3.63) is 72.1 Å². The van der Waals surface area contributed by atoms with Crippen molar-refractivity contribution in [3.8, 4) is 17.0 Å². The summed E-state index contributed by atoms with van der Waals surface area (Å²) < 4.78 is 5.14. The molecule has 0 aliphatic carbocycles. The molecule has 0 spiro atoms. The third-order valence-corrected chi connectivity index (χ3v) is 5.67. The van der Waals surface area contributed by atoms with E-state index in [9.17, 15) is 4.79 Å². The highest BCUT2D eigenvalue weighted by atomic mass is 16.5. The summed E-state index contributed by atoms with van der Waals surface area (Å²) in [4.78, 5) is 23.4. The van der Waals surface area contributed by atoms with Crippen molar-refractivity contribution in [3.63, 3.8) is 0 Å². The van der Waals surface area contributed by atoms with Gasteiger partial charge in [0.05, 0.1) is 7.11 Å². The van der Waals surface area contributed by atoms with E-state index < -0.39 is 0 Å². The molecule has 7 heteroatoms. The van der Waals surface area contributed by atoms with E-state index >= 15 is 0 Å². The maximum atomic E-state index is 12.3. The summed E-state index contributed by atoms with van der Waals surface area (Å²) in [7, 11) is 1.59. The third kappa shape index (κ3) is 4.83. The number of nitrogens with zero attached hydrogens (tertiary/aromatic N) is 3. The lowest BCUT2D eigenvalue weighted by atomic mass is 10.0. The van der Waals surface area contributed by atoms with Gasteiger partial charge in [0.1, 0.15) is 5.82 Å². The van der Waals surface area contributed by atoms with E-state index in [-0.39, 0.29) is 11.9 Å². The molecule has 7 nitrogen and oxygen atoms in total. The average Bonchev–Trinajstić information content (AvgIpc) is 3.28. The lowest BCUT2D eigenvalue weighted by molar-refractivity contribution is 0.0947. The molecule has 0 saturated carbocycles. The van der Waals surface area contributed by atoms with Gasteiger partial charge in [-0.15, -0.1) is 0 Å². The average molecular weight is 418 g/mol. The molecular weight excluding hydrogens is 390 g/mol. The number of nitrogens with one attached hydrogen (secondary N) is 1. The van der Waals surface area contributed by atoms with Gasteiger partial charge in [0.25, 0.3) is 5.91 Å². The summed E-state index contributed by atoms with van der Waals surface area (Å²) >= 11 is 0. The zero-order chi connectivity index (χ0) is 21.6. The lowest BCUT2D eigenvalue weighted by Crippen LogP contribution is -2.34. The molecule has 1 saturated heterocycles. The standard InChI is InChI=1S/C24H27N5O2/c1-31-22-10-9-18(15-27-22)20-14-19(16-28-23(20)25)21-8-5-12-29(21)13-11-26-24(30)17-6-3-2-4-7-17/h2-4,6-7,9-10,14-16,21H,5,8,11-13H2,1H3,(H2,25,28)(H,26,30). The highest BCUT2D eigenvalue weighted by Crippen LogP contribution is 2.34. The maximum Gasteiger partial charge on any atom is 0.251 e. The number of ether oxygens (including phenoxy) is 1. The number of aromatic nitrogens is 2. The molecule has 1 fully saturated rings. The van der Waals surface area contributed by atoms with Crippen LogP contribution in [0.5, 0.6) is 5.88 Å². The van der Waals surface area contributed by atoms with Crippen LogP contribution in [0.2, 0.25) is 0 Å². The highest BCUT2D eigenvalue weighted by Gasteiger charge is 2.26. The fraction of sp³-hybridized carbons (Fsp3) is 0.292. The van der Waals surface area contributed by atoms with E-state index in [4.69, 9.17) is 10.5 Å². The Morgan fingerprint density at radius 2 is 2.03 bits per heavy atom. The predicted octanol–water partition coefficient (Wildman–Crippen LogP) is 3.30. The minimum absolute atomic E-state index is 0.0419. The minimum Gasteiger partial charge on any atom is -0.481 e. The first-order valence-electron chi connectivity index (χ1n) is 10.5. The summed E-state index contributed by atoms with van der Waals surface area (Å²) in [6.07, 6.45) is 5.78. The predicted molar refractivity (Wildman–Crippen MR) is 121 cm³/mol. The summed E-state index contributed by atoms with van der Waals surface area (Å²) in [6, 6.07) is 15.4. The second-order valence-electron chi connectivity index (χ2n) is 7.61. The van der Waals surface area contributed by atoms with Crippen LogP contribution in [0.1, 0.15) is 34.8 Å². The zero-order valence-corrected chi connectivity index (χ0v) is 17.6. The van der Waals surface area contributed by atoms with Crippen LogP contribution in [0.4, 0.5) is 5.82 Å². The third-order valence-electron chi connectivity index (χ3n) is 5.67. The van der Waals surface area contributed by atoms with Crippen molar-refractivity contribution in [1.82, 2.24) is 20.2 Å². The monoisotopic (exact) mass is 417 g/mol. The van der Waals surface area contributed by atoms with Crippen LogP contribution < -0.4 is 15.8 Å². The number of anilines is 1. The lowest BCUT2D eigenvalue weighted by Gasteiger charge is -2.25. The molecule has 1 aliphatic rings. The van der Waals surface area contributed by atoms with Gasteiger partial charge in [0.2, 0.25) is 5.88 Å². The Morgan fingerprint density at radius 3 is 2.77 bits per heavy atom. The van der Waals surface area contributed by atoms with Crippen LogP contribution in [0.25, 0.3) is 11.1 Å². The Kier molecular flexibility index (Phi) is 6.43. The van der Waals surface area contributed by atoms with Crippen LogP contribution in [0.15, 0.2) is 60.9 Å². The second-order valence-corrected chi connectivity index (χ2v) is 7.61. The van der Waals surface area contributed by atoms with E-state index in [1.54, 1.807) is 13.3 Å². The zero-order valence-electron chi connectivity index (χ0n) is 17.6. The van der Waals surface area contributed by atoms with Crippen LogP contribution in [-0.2, 0) is 0 Å². The van der Waals surface area contributed by atoms with Gasteiger partial charge in [-0.25, -0.2) is 9.97 Å². The van der Waals surface area contributed by atoms with Gasteiger partial charge in [0, 0.05) is 54.3 Å². The number of hydrogen-bond acceptors (Lipinski definition) is 6. The molecule has 1 unspecified atom stereocenters. The molecule has 1 amide bonds. The van der Waals surface area contributed by atoms with E-state index in [1.807, 2.05) is 48.7 Å². The number of carbonyl (C=O) groups is 1. The van der Waals surface area contributed by atoms with E-state index in [0.717, 1.165) is 42.6 Å². The number of carbonyl (C=O) groups excluding carboxylic acids is 1. The second kappa shape index (κ2) is 9.57. The molecule has 1 aliphatic heterocycles. The van der Waals surface area contributed by atoms with Crippen molar-refractivity contribution in [2.24, 2.45) is 0 Å². The topological polar surface area (TPSA) is 93.4 Å². The number of pyridine rings is 2. The number of amides is 1. The smallest absolute Gasteiger partial charge is 0.251 e. The molecule has 2 aromatic heterocycles. The Bertz CT molecular complexity index is 1020. The van der Waals surface area contributed by atoms with Crippen LogP contribution in [-0.4, -0.2) is 47.5 Å². The summed E-state index contributed by atoms with van der Waals surface area (Å²) in [5, 5.41) is 3.02. The largest absolute Gasteiger partial charge is 0.481 e. The SMILES string of the molecule is COc1ccc(-c2cc(C3CCCN3CCNC(=O)c3ccccc3)cnc2N)cn1. The number of methoxy groups -OCH3 is 1. The molecule has 1 atom stereocenters. The Labute approximate surface area is 182 Å². The molecule has 0 bridgehead atoms. The molecule has 3 aromatic rings. The first-order chi connectivity index (χ1) is 15.2. The molecule has 31 heavy (non-hydrogen) atoms. The van der Waals surface area contributed by atoms with E-state index in [1.165, 1.54) is 0 Å². The first kappa shape index (κ1) is 20.8. The van der Waals surface area contributed by atoms with Gasteiger partial charge in [-0.05, 0) is 49.2 Å². The number of benzene rings is 1. The number of nitrogen functional groups attached to an aromatic ring is 1. The number of likely N-dealkylation sites (tertiary alicyclic amines) is 1. The van der Waals surface area contributed by atoms with Gasteiger partial charge in [-0.2, -0.15) is 0 Å². The van der Waals surface area contributed by atoms with Crippen molar-refractivity contribution < 1.29 is 9.53 Å². The molecule has 0 radical (unpaired) electrons. The van der Waals surface area contributed by atoms with Crippen molar-refractivity contribution >= 4 is 11.7 Å². The Balaban J connectivity index is 1.44. The van der Waals surface area contributed by atoms with Gasteiger partial charge in [-0.1, -0.05) is 18.2 Å². The molecular formula is C24H27N5O2. The fourth-order valence-electron chi connectivity index (χ4n) is 4.04. The highest BCUT2D eigenvalue weighted by molar-refractivity contribution is 5.94. The molecule has 4 rings (SSSR count). The van der Waals surface area contributed by atoms with E-state index in [0.29, 0.717) is 23.8 Å². The number of nitrogens with two attached hydrogens (primary N) is 1. The molecule has 3 heterocycles. The van der Waals surface area contributed by atoms with Crippen molar-refractivity contribution in [2.45, 2.75) is 18.9 Å². The Hall–Kier alpha value is -3.45. The van der Waals surface area contributed by atoms with Gasteiger partial charge in [0.15, 0.2) is 0 Å². The molecule has 3 N–H and O–H groups in total. The normalized spacial score (nSPS) is 16.2. The van der Waals surface area contributed by atoms with Gasteiger partial charge >= 0.3 is 0 Å². The summed E-state index contributed by atoms with van der Waals surface area (Å²) in [5.41, 5.74) is 9.76. The van der Waals surface area contributed by atoms with Crippen LogP contribution >= 0.6 is 0 Å². The molecule has 1 aromatic carbocycles. The Morgan fingerprint density at radius 1 is 1.19 bits per heavy atom. The summed E-state index contributed by atoms with van der Waals surface area (Å²) in [6.45, 7) is 2.38. The fourth-order valence-corrected chi connectivity index (χ4v) is 4.04. The van der Waals surface area contributed by atoms with Crippen LogP contribution in [0, 0.1) is 0 Å². The van der Waals surface area contributed by atoms with Gasteiger partial charge in [-0.3, -0.25) is 9.69 Å². The van der Waals surface area contributed by atoms with E-state index in [2.05, 4.69) is 26.3 Å². The van der Waals surface area contributed by atoms with Crippen LogP contribution in [0.3, 0.4) is 0 Å². The maximum absolute atomic E-state index is 12.3. The minimum atomic E-state index is -0.0419. The number of rotatable bonds is 7. The first-order valence-corrected chi connectivity index (χ1v) is 10.5. The number of hydrogen-bond donors (Lipinski definition) is 2. The van der Waals surface area contributed by atoms with Gasteiger partial charge < -0.3 is 15.8 Å².